The molecule has 0 saturated heterocycles. The van der Waals surface area contributed by atoms with Gasteiger partial charge in [-0.25, -0.2) is 0 Å². The lowest BCUT2D eigenvalue weighted by molar-refractivity contribution is 0.792. The molecule has 9 aromatic carbocycles. The molecule has 0 amide bonds. The molecule has 2 heteroatoms. The van der Waals surface area contributed by atoms with Crippen LogP contribution < -0.4 is 4.90 Å². The number of allylic oxidation sites excluding steroid dienone is 1. The van der Waals surface area contributed by atoms with Crippen LogP contribution in [0.15, 0.2) is 231 Å². The molecular weight excluding hydrogens is 773 g/mol. The van der Waals surface area contributed by atoms with Gasteiger partial charge >= 0.3 is 0 Å². The molecule has 0 saturated carbocycles. The zero-order valence-corrected chi connectivity index (χ0v) is 35.6. The number of rotatable bonds is 8. The normalized spacial score (nSPS) is 12.9. The highest BCUT2D eigenvalue weighted by molar-refractivity contribution is 5.98. The van der Waals surface area contributed by atoms with Gasteiger partial charge in [-0.1, -0.05) is 189 Å². The van der Waals surface area contributed by atoms with E-state index in [9.17, 15) is 0 Å². The molecule has 2 aliphatic carbocycles. The first-order valence-corrected chi connectivity index (χ1v) is 22.2. The van der Waals surface area contributed by atoms with Crippen molar-refractivity contribution in [2.75, 3.05) is 4.90 Å². The summed E-state index contributed by atoms with van der Waals surface area (Å²) < 4.78 is 2.45. The zero-order valence-electron chi connectivity index (χ0n) is 35.6. The smallest absolute Gasteiger partial charge is 0.0727 e. The Hall–Kier alpha value is -8.20. The lowest BCUT2D eigenvalue weighted by atomic mass is 9.70. The van der Waals surface area contributed by atoms with Gasteiger partial charge in [0.25, 0.3) is 0 Å². The number of nitrogens with zero attached hydrogens (tertiary/aromatic N) is 2. The fourth-order valence-corrected chi connectivity index (χ4v) is 10.8. The maximum atomic E-state index is 4.24. The summed E-state index contributed by atoms with van der Waals surface area (Å²) in [4.78, 5) is 2.43. The van der Waals surface area contributed by atoms with Crippen LogP contribution in [-0.4, -0.2) is 4.57 Å². The van der Waals surface area contributed by atoms with Gasteiger partial charge in [-0.3, -0.25) is 0 Å². The van der Waals surface area contributed by atoms with Crippen LogP contribution in [-0.2, 0) is 5.41 Å². The van der Waals surface area contributed by atoms with E-state index in [2.05, 4.69) is 254 Å². The summed E-state index contributed by atoms with van der Waals surface area (Å²) in [7, 11) is 0. The van der Waals surface area contributed by atoms with Crippen LogP contribution in [0.1, 0.15) is 40.3 Å². The van der Waals surface area contributed by atoms with Gasteiger partial charge in [-0.15, -0.1) is 0 Å². The Bertz CT molecular complexity index is 3420. The third-order valence-electron chi connectivity index (χ3n) is 13.5. The quantitative estimate of drug-likeness (QED) is 0.148. The predicted molar refractivity (Wildman–Crippen MR) is 270 cm³/mol. The molecule has 302 valence electrons. The van der Waals surface area contributed by atoms with Crippen LogP contribution in [0, 0.1) is 0 Å². The standard InChI is InChI=1S/C62H44N2/c1-3-18-50-42(4-2)24-17-30-60(50)63(47-33-31-44(32-34-47)43-19-7-5-8-20-43)48-35-37-53-54-38-36-49(64-59-29-16-11-23-46(59)39-61(64)45-21-9-6-10-22-45)41-58(54)62(57(53)40-48)55-27-14-12-25-51(55)52-26-13-15-28-56(52)62/h3-41H,2H2,1H3/b18-3-. The minimum Gasteiger partial charge on any atom is -0.310 e. The summed E-state index contributed by atoms with van der Waals surface area (Å²) in [5.74, 6) is 0. The number of hydrogen-bond donors (Lipinski definition) is 0. The van der Waals surface area contributed by atoms with E-state index in [0.717, 1.165) is 33.9 Å². The van der Waals surface area contributed by atoms with E-state index in [4.69, 9.17) is 0 Å². The molecule has 2 nitrogen and oxygen atoms in total. The number of para-hydroxylation sites is 1. The van der Waals surface area contributed by atoms with Gasteiger partial charge in [0.15, 0.2) is 0 Å². The topological polar surface area (TPSA) is 8.17 Å². The van der Waals surface area contributed by atoms with Crippen molar-refractivity contribution in [1.82, 2.24) is 4.57 Å². The molecule has 1 spiro atoms. The molecule has 12 rings (SSSR count). The van der Waals surface area contributed by atoms with Crippen LogP contribution in [0.2, 0.25) is 0 Å². The Morgan fingerprint density at radius 3 is 1.75 bits per heavy atom. The largest absolute Gasteiger partial charge is 0.310 e. The summed E-state index contributed by atoms with van der Waals surface area (Å²) >= 11 is 0. The third kappa shape index (κ3) is 5.59. The van der Waals surface area contributed by atoms with Crippen LogP contribution in [0.4, 0.5) is 17.1 Å². The molecule has 0 bridgehead atoms. The van der Waals surface area contributed by atoms with Crippen molar-refractivity contribution in [2.45, 2.75) is 12.3 Å². The summed E-state index contributed by atoms with van der Waals surface area (Å²) in [5.41, 5.74) is 22.3. The Balaban J connectivity index is 1.13. The lowest BCUT2D eigenvalue weighted by Gasteiger charge is -2.33. The van der Waals surface area contributed by atoms with Gasteiger partial charge in [-0.2, -0.15) is 0 Å². The average molecular weight is 817 g/mol. The monoisotopic (exact) mass is 816 g/mol. The Morgan fingerprint density at radius 1 is 0.469 bits per heavy atom. The summed E-state index contributed by atoms with van der Waals surface area (Å²) in [5, 5.41) is 1.22. The second-order valence-corrected chi connectivity index (χ2v) is 16.8. The molecule has 2 aliphatic rings. The van der Waals surface area contributed by atoms with Crippen LogP contribution in [0.3, 0.4) is 0 Å². The molecule has 1 aromatic heterocycles. The highest BCUT2D eigenvalue weighted by Crippen LogP contribution is 2.63. The second-order valence-electron chi connectivity index (χ2n) is 16.8. The fraction of sp³-hybridized carbons (Fsp3) is 0.0323. The number of fused-ring (bicyclic) bond motifs is 11. The molecule has 0 radical (unpaired) electrons. The summed E-state index contributed by atoms with van der Waals surface area (Å²) in [6.45, 7) is 6.32. The number of anilines is 3. The lowest BCUT2D eigenvalue weighted by Crippen LogP contribution is -2.26. The Labute approximate surface area is 375 Å². The minimum atomic E-state index is -0.572. The van der Waals surface area contributed by atoms with E-state index < -0.39 is 5.41 Å². The summed E-state index contributed by atoms with van der Waals surface area (Å²) in [6, 6.07) is 80.6. The first kappa shape index (κ1) is 37.6. The van der Waals surface area contributed by atoms with Gasteiger partial charge in [0, 0.05) is 28.0 Å². The van der Waals surface area contributed by atoms with Crippen molar-refractivity contribution in [3.8, 4) is 50.3 Å². The van der Waals surface area contributed by atoms with Crippen molar-refractivity contribution < 1.29 is 0 Å². The highest BCUT2D eigenvalue weighted by atomic mass is 15.1. The average Bonchev–Trinajstić information content (AvgIpc) is 3.99. The number of benzene rings is 9. The van der Waals surface area contributed by atoms with Crippen molar-refractivity contribution in [1.29, 1.82) is 0 Å². The minimum absolute atomic E-state index is 0.572. The van der Waals surface area contributed by atoms with Gasteiger partial charge in [0.05, 0.1) is 22.3 Å². The summed E-state index contributed by atoms with van der Waals surface area (Å²) in [6.07, 6.45) is 6.30. The molecule has 64 heavy (non-hydrogen) atoms. The van der Waals surface area contributed by atoms with Gasteiger partial charge < -0.3 is 9.47 Å². The van der Waals surface area contributed by atoms with E-state index in [-0.39, 0.29) is 0 Å². The first-order valence-electron chi connectivity index (χ1n) is 22.2. The SMILES string of the molecule is C=Cc1cccc(N(c2ccc(-c3ccccc3)cc2)c2ccc3c(c2)C2(c4ccccc4-c4ccccc42)c2cc(-n4c(-c5ccccc5)cc5ccccc54)ccc2-3)c1/C=C\C. The predicted octanol–water partition coefficient (Wildman–Crippen LogP) is 16.5. The van der Waals surface area contributed by atoms with E-state index in [1.165, 1.54) is 77.8 Å². The molecule has 1 heterocycles. The molecule has 10 aromatic rings. The third-order valence-corrected chi connectivity index (χ3v) is 13.5. The Kier molecular flexibility index (Phi) is 8.81. The van der Waals surface area contributed by atoms with Crippen LogP contribution in [0.5, 0.6) is 0 Å². The fourth-order valence-electron chi connectivity index (χ4n) is 10.8. The van der Waals surface area contributed by atoms with E-state index in [1.807, 2.05) is 6.08 Å². The van der Waals surface area contributed by atoms with E-state index >= 15 is 0 Å². The second kappa shape index (κ2) is 15.0. The highest BCUT2D eigenvalue weighted by Gasteiger charge is 2.52. The van der Waals surface area contributed by atoms with E-state index in [1.54, 1.807) is 0 Å². The number of aromatic nitrogens is 1. The molecular formula is C62H44N2. The maximum absolute atomic E-state index is 4.24. The van der Waals surface area contributed by atoms with Crippen molar-refractivity contribution in [2.24, 2.45) is 0 Å². The maximum Gasteiger partial charge on any atom is 0.0727 e. The van der Waals surface area contributed by atoms with Gasteiger partial charge in [-0.05, 0) is 128 Å². The zero-order chi connectivity index (χ0) is 42.8. The number of hydrogen-bond acceptors (Lipinski definition) is 1. The van der Waals surface area contributed by atoms with Gasteiger partial charge in [0.1, 0.15) is 0 Å². The van der Waals surface area contributed by atoms with Crippen LogP contribution >= 0.6 is 0 Å². The molecule has 0 unspecified atom stereocenters. The van der Waals surface area contributed by atoms with Crippen molar-refractivity contribution >= 4 is 40.1 Å². The molecule has 0 N–H and O–H groups in total. The molecule has 0 aliphatic heterocycles. The molecule has 0 fully saturated rings. The Morgan fingerprint density at radius 2 is 1.05 bits per heavy atom. The first-order chi connectivity index (χ1) is 31.7. The van der Waals surface area contributed by atoms with Gasteiger partial charge in [0.2, 0.25) is 0 Å². The van der Waals surface area contributed by atoms with Crippen molar-refractivity contribution in [3.63, 3.8) is 0 Å². The van der Waals surface area contributed by atoms with E-state index in [0.29, 0.717) is 0 Å². The van der Waals surface area contributed by atoms with Crippen molar-refractivity contribution in [3.05, 3.63) is 264 Å². The van der Waals surface area contributed by atoms with Crippen LogP contribution in [0.25, 0.3) is 73.4 Å². The molecule has 0 atom stereocenters.